The lowest BCUT2D eigenvalue weighted by atomic mass is 9.69. The first-order valence-corrected chi connectivity index (χ1v) is 21.8. The second kappa shape index (κ2) is 12.7. The minimum atomic E-state index is -0.490. The average Bonchev–Trinajstić information content (AvgIpc) is 3.94. The van der Waals surface area contributed by atoms with Gasteiger partial charge in [-0.2, -0.15) is 0 Å². The second-order valence-corrected chi connectivity index (χ2v) is 17.1. The summed E-state index contributed by atoms with van der Waals surface area (Å²) in [6, 6.07) is 64.2. The first kappa shape index (κ1) is 34.6. The SMILES string of the molecule is C1=CC2=C(C=CC1)C1(c3ccccc32)c2ccccc2-c2ccc(-c3nc(-c4ccc5c(c4)C4(c6ccccc6-c6ccccc64)c4ccccc4-5)nc(-c4ccccn4)n3)cc21. The number of allylic oxidation sites excluding steroid dienone is 6. The molecule has 14 rings (SSSR count). The average molecular weight is 801 g/mol. The van der Waals surface area contributed by atoms with E-state index in [4.69, 9.17) is 19.9 Å². The van der Waals surface area contributed by atoms with E-state index < -0.39 is 10.8 Å². The second-order valence-electron chi connectivity index (χ2n) is 17.1. The molecule has 5 aliphatic carbocycles. The lowest BCUT2D eigenvalue weighted by Gasteiger charge is -2.31. The van der Waals surface area contributed by atoms with E-state index in [0.717, 1.165) is 17.5 Å². The van der Waals surface area contributed by atoms with Gasteiger partial charge in [-0.15, -0.1) is 0 Å². The molecule has 9 aromatic rings. The molecule has 2 heterocycles. The van der Waals surface area contributed by atoms with E-state index in [1.54, 1.807) is 6.20 Å². The molecular weight excluding hydrogens is 765 g/mol. The van der Waals surface area contributed by atoms with Gasteiger partial charge in [0.1, 0.15) is 5.69 Å². The van der Waals surface area contributed by atoms with E-state index in [9.17, 15) is 0 Å². The van der Waals surface area contributed by atoms with Crippen LogP contribution in [0.1, 0.15) is 50.9 Å². The van der Waals surface area contributed by atoms with Crippen LogP contribution in [0.4, 0.5) is 0 Å². The third kappa shape index (κ3) is 4.44. The predicted octanol–water partition coefficient (Wildman–Crippen LogP) is 13.2. The van der Waals surface area contributed by atoms with Crippen molar-refractivity contribution in [3.05, 3.63) is 257 Å². The molecule has 0 amide bonds. The Morgan fingerprint density at radius 1 is 0.349 bits per heavy atom. The van der Waals surface area contributed by atoms with Crippen LogP contribution < -0.4 is 0 Å². The molecule has 1 unspecified atom stereocenters. The maximum absolute atomic E-state index is 5.42. The summed E-state index contributed by atoms with van der Waals surface area (Å²) in [6.07, 6.45) is 12.0. The number of hydrogen-bond acceptors (Lipinski definition) is 4. The van der Waals surface area contributed by atoms with E-state index in [1.165, 1.54) is 89.0 Å². The lowest BCUT2D eigenvalue weighted by molar-refractivity contribution is 0.786. The van der Waals surface area contributed by atoms with E-state index in [2.05, 4.69) is 182 Å². The van der Waals surface area contributed by atoms with Crippen LogP contribution in [0.2, 0.25) is 0 Å². The third-order valence-electron chi connectivity index (χ3n) is 14.2. The Balaban J connectivity index is 1.00. The zero-order valence-electron chi connectivity index (χ0n) is 34.1. The molecule has 1 atom stereocenters. The number of rotatable bonds is 3. The number of fused-ring (bicyclic) bond motifs is 19. The van der Waals surface area contributed by atoms with Crippen molar-refractivity contribution in [3.8, 4) is 67.7 Å². The molecule has 2 aromatic heterocycles. The maximum Gasteiger partial charge on any atom is 0.182 e. The van der Waals surface area contributed by atoms with Gasteiger partial charge in [-0.25, -0.2) is 15.0 Å². The molecule has 4 heteroatoms. The Kier molecular flexibility index (Phi) is 6.99. The molecule has 0 radical (unpaired) electrons. The molecule has 0 saturated heterocycles. The monoisotopic (exact) mass is 800 g/mol. The van der Waals surface area contributed by atoms with Crippen molar-refractivity contribution in [2.45, 2.75) is 17.3 Å². The van der Waals surface area contributed by atoms with Gasteiger partial charge in [-0.3, -0.25) is 4.98 Å². The first-order valence-electron chi connectivity index (χ1n) is 21.8. The van der Waals surface area contributed by atoms with Gasteiger partial charge >= 0.3 is 0 Å². The number of aromatic nitrogens is 4. The smallest absolute Gasteiger partial charge is 0.182 e. The highest BCUT2D eigenvalue weighted by atomic mass is 15.0. The van der Waals surface area contributed by atoms with Crippen molar-refractivity contribution in [2.75, 3.05) is 0 Å². The van der Waals surface area contributed by atoms with Crippen molar-refractivity contribution >= 4 is 5.57 Å². The Labute approximate surface area is 365 Å². The van der Waals surface area contributed by atoms with E-state index >= 15 is 0 Å². The highest BCUT2D eigenvalue weighted by Crippen LogP contribution is 2.64. The van der Waals surface area contributed by atoms with Crippen molar-refractivity contribution in [3.63, 3.8) is 0 Å². The molecule has 5 aliphatic rings. The normalized spacial score (nSPS) is 17.1. The predicted molar refractivity (Wildman–Crippen MR) is 252 cm³/mol. The lowest BCUT2D eigenvalue weighted by Crippen LogP contribution is -2.26. The first-order chi connectivity index (χ1) is 31.2. The summed E-state index contributed by atoms with van der Waals surface area (Å²) in [5.41, 5.74) is 22.1. The molecule has 0 aliphatic heterocycles. The van der Waals surface area contributed by atoms with Crippen LogP contribution in [0.5, 0.6) is 0 Å². The fraction of sp³-hybridized carbons (Fsp3) is 0.0508. The highest BCUT2D eigenvalue weighted by Gasteiger charge is 2.53. The molecule has 63 heavy (non-hydrogen) atoms. The summed E-state index contributed by atoms with van der Waals surface area (Å²) in [5.74, 6) is 1.76. The maximum atomic E-state index is 5.42. The molecular formula is C59H36N4. The Morgan fingerprint density at radius 2 is 0.778 bits per heavy atom. The number of hydrogen-bond donors (Lipinski definition) is 0. The molecule has 2 spiro atoms. The zero-order chi connectivity index (χ0) is 41.3. The van der Waals surface area contributed by atoms with Gasteiger partial charge < -0.3 is 0 Å². The number of nitrogens with zero attached hydrogens (tertiary/aromatic N) is 4. The molecule has 0 N–H and O–H groups in total. The Hall–Kier alpha value is -8.08. The Bertz CT molecular complexity index is 3490. The van der Waals surface area contributed by atoms with Crippen LogP contribution >= 0.6 is 0 Å². The van der Waals surface area contributed by atoms with E-state index in [0.29, 0.717) is 23.2 Å². The van der Waals surface area contributed by atoms with Crippen LogP contribution in [-0.4, -0.2) is 19.9 Å². The minimum absolute atomic E-state index is 0.481. The molecule has 0 bridgehead atoms. The zero-order valence-corrected chi connectivity index (χ0v) is 34.1. The van der Waals surface area contributed by atoms with Crippen molar-refractivity contribution in [1.82, 2.24) is 19.9 Å². The van der Waals surface area contributed by atoms with Gasteiger partial charge in [-0.1, -0.05) is 176 Å². The summed E-state index contributed by atoms with van der Waals surface area (Å²) >= 11 is 0. The summed E-state index contributed by atoms with van der Waals surface area (Å²) in [5, 5.41) is 0. The summed E-state index contributed by atoms with van der Waals surface area (Å²) in [7, 11) is 0. The summed E-state index contributed by atoms with van der Waals surface area (Å²) < 4.78 is 0. The van der Waals surface area contributed by atoms with Gasteiger partial charge in [0.05, 0.1) is 10.8 Å². The molecule has 292 valence electrons. The van der Waals surface area contributed by atoms with E-state index in [-0.39, 0.29) is 0 Å². The fourth-order valence-electron chi connectivity index (χ4n) is 11.9. The van der Waals surface area contributed by atoms with E-state index in [1.807, 2.05) is 18.2 Å². The summed E-state index contributed by atoms with van der Waals surface area (Å²) in [4.78, 5) is 20.7. The van der Waals surface area contributed by atoms with Gasteiger partial charge in [0.2, 0.25) is 0 Å². The van der Waals surface area contributed by atoms with Crippen LogP contribution in [-0.2, 0) is 10.8 Å². The quantitative estimate of drug-likeness (QED) is 0.179. The summed E-state index contributed by atoms with van der Waals surface area (Å²) in [6.45, 7) is 0. The molecule has 0 fully saturated rings. The van der Waals surface area contributed by atoms with Crippen LogP contribution in [0.25, 0.3) is 73.2 Å². The molecule has 7 aromatic carbocycles. The molecule has 0 saturated carbocycles. The van der Waals surface area contributed by atoms with Crippen LogP contribution in [0, 0.1) is 0 Å². The van der Waals surface area contributed by atoms with Crippen molar-refractivity contribution < 1.29 is 0 Å². The van der Waals surface area contributed by atoms with Gasteiger partial charge in [0.25, 0.3) is 0 Å². The van der Waals surface area contributed by atoms with Gasteiger partial charge in [-0.05, 0) is 120 Å². The Morgan fingerprint density at radius 3 is 1.32 bits per heavy atom. The van der Waals surface area contributed by atoms with Crippen LogP contribution in [0.15, 0.2) is 212 Å². The standard InChI is InChI=1S/C59H36N4/c1-2-16-38-39-17-4-9-23-47(39)58(46(38)22-3-1)50-26-12-7-20-42(50)44-31-29-36(34-52(44)58)55-61-56(63-57(62-55)54-28-14-15-33-60-54)37-30-32-45-43-21-8-13-27-51(43)59(53(45)35-37)48-24-10-5-18-40(48)41-19-6-11-25-49(41)59/h2-35H,1H2. The third-order valence-corrected chi connectivity index (χ3v) is 14.2. The largest absolute Gasteiger partial charge is 0.253 e. The fourth-order valence-corrected chi connectivity index (χ4v) is 11.9. The van der Waals surface area contributed by atoms with Crippen LogP contribution in [0.3, 0.4) is 0 Å². The van der Waals surface area contributed by atoms with Crippen molar-refractivity contribution in [1.29, 1.82) is 0 Å². The van der Waals surface area contributed by atoms with Crippen molar-refractivity contribution in [2.24, 2.45) is 0 Å². The van der Waals surface area contributed by atoms with Gasteiger partial charge in [0, 0.05) is 17.3 Å². The number of pyridine rings is 1. The topological polar surface area (TPSA) is 51.6 Å². The highest BCUT2D eigenvalue weighted by molar-refractivity contribution is 5.99. The number of benzene rings is 7. The minimum Gasteiger partial charge on any atom is -0.253 e. The van der Waals surface area contributed by atoms with Gasteiger partial charge in [0.15, 0.2) is 17.5 Å². The molecule has 4 nitrogen and oxygen atoms in total.